The molecule has 0 aliphatic carbocycles. The van der Waals surface area contributed by atoms with Crippen LogP contribution < -0.4 is 9.64 Å². The van der Waals surface area contributed by atoms with Crippen LogP contribution in [0.25, 0.3) is 16.6 Å². The molecule has 4 heterocycles. The molecule has 0 unspecified atom stereocenters. The van der Waals surface area contributed by atoms with Crippen molar-refractivity contribution in [2.45, 2.75) is 51.4 Å². The van der Waals surface area contributed by atoms with Gasteiger partial charge in [-0.3, -0.25) is 0 Å². The summed E-state index contributed by atoms with van der Waals surface area (Å²) >= 11 is 2.11. The first kappa shape index (κ1) is 24.4. The molecule has 34 heavy (non-hydrogen) atoms. The van der Waals surface area contributed by atoms with Gasteiger partial charge in [0.1, 0.15) is 24.2 Å². The van der Waals surface area contributed by atoms with E-state index in [9.17, 15) is 10.4 Å². The Kier molecular flexibility index (Phi) is 7.34. The largest absolute Gasteiger partial charge is 0.489 e. The molecule has 1 fully saturated rings. The van der Waals surface area contributed by atoms with Crippen LogP contribution in [0.3, 0.4) is 0 Å². The summed E-state index contributed by atoms with van der Waals surface area (Å²) in [6, 6.07) is 8.21. The van der Waals surface area contributed by atoms with Crippen molar-refractivity contribution in [2.24, 2.45) is 5.92 Å². The van der Waals surface area contributed by atoms with Crippen molar-refractivity contribution >= 4 is 23.1 Å². The second-order valence-electron chi connectivity index (χ2n) is 9.97. The van der Waals surface area contributed by atoms with E-state index in [1.54, 1.807) is 30.8 Å². The van der Waals surface area contributed by atoms with Crippen LogP contribution in [0.1, 0.15) is 46.1 Å². The molecule has 3 aromatic rings. The van der Waals surface area contributed by atoms with Gasteiger partial charge in [0.15, 0.2) is 0 Å². The number of nitrogens with zero attached hydrogens (tertiary/aromatic N) is 5. The number of nitriles is 1. The minimum atomic E-state index is -0.957. The Morgan fingerprint density at radius 1 is 1.26 bits per heavy atom. The summed E-state index contributed by atoms with van der Waals surface area (Å²) in [5.74, 6) is 3.52. The fourth-order valence-electron chi connectivity index (χ4n) is 4.05. The highest BCUT2D eigenvalue weighted by Gasteiger charge is 2.21. The number of fused-ring (bicyclic) bond motifs is 1. The second kappa shape index (κ2) is 10.2. The molecule has 0 bridgehead atoms. The maximum Gasteiger partial charge on any atom is 0.138 e. The first-order valence-corrected chi connectivity index (χ1v) is 12.9. The van der Waals surface area contributed by atoms with Crippen molar-refractivity contribution in [1.29, 1.82) is 5.26 Å². The molecule has 1 saturated heterocycles. The first-order valence-electron chi connectivity index (χ1n) is 11.8. The third kappa shape index (κ3) is 5.83. The topological polar surface area (TPSA) is 86.7 Å². The average molecular weight is 480 g/mol. The Morgan fingerprint density at radius 3 is 2.65 bits per heavy atom. The molecule has 1 aliphatic heterocycles. The minimum Gasteiger partial charge on any atom is -0.489 e. The van der Waals surface area contributed by atoms with Crippen LogP contribution in [0, 0.1) is 17.2 Å². The zero-order valence-electron chi connectivity index (χ0n) is 20.4. The van der Waals surface area contributed by atoms with Crippen molar-refractivity contribution < 1.29 is 9.84 Å². The van der Waals surface area contributed by atoms with Crippen LogP contribution in [-0.2, 0) is 0 Å². The van der Waals surface area contributed by atoms with Gasteiger partial charge in [-0.2, -0.15) is 22.1 Å². The molecule has 0 saturated carbocycles. The summed E-state index contributed by atoms with van der Waals surface area (Å²) in [5, 5.41) is 24.7. The SMILES string of the molecule is CC(C)CSC1CCN(c2ccc(-c3cc(OCC(C)(C)O)cn4ncc(C#N)c34)cn2)CC1. The number of aliphatic hydroxyl groups is 1. The van der Waals surface area contributed by atoms with Crippen LogP contribution in [0.5, 0.6) is 5.75 Å². The number of aromatic nitrogens is 3. The lowest BCUT2D eigenvalue weighted by Gasteiger charge is -2.32. The average Bonchev–Trinajstić information content (AvgIpc) is 3.24. The van der Waals surface area contributed by atoms with Crippen molar-refractivity contribution in [3.63, 3.8) is 0 Å². The van der Waals surface area contributed by atoms with Crippen LogP contribution >= 0.6 is 11.8 Å². The standard InChI is InChI=1S/C26H33N5O2S/c1-18(2)16-34-22-7-9-30(10-8-22)24-6-5-19(13-28-24)23-11-21(33-17-26(3,4)32)15-31-25(23)20(12-27)14-29-31/h5-6,11,13-15,18,22,32H,7-10,16-17H2,1-4H3. The van der Waals surface area contributed by atoms with E-state index in [2.05, 4.69) is 47.7 Å². The molecule has 1 aliphatic rings. The van der Waals surface area contributed by atoms with E-state index >= 15 is 0 Å². The van der Waals surface area contributed by atoms with Gasteiger partial charge in [-0.1, -0.05) is 13.8 Å². The van der Waals surface area contributed by atoms with Crippen molar-refractivity contribution in [1.82, 2.24) is 14.6 Å². The highest BCUT2D eigenvalue weighted by atomic mass is 32.2. The molecule has 0 spiro atoms. The maximum absolute atomic E-state index is 10.0. The van der Waals surface area contributed by atoms with Crippen molar-refractivity contribution in [2.75, 3.05) is 30.3 Å². The summed E-state index contributed by atoms with van der Waals surface area (Å²) < 4.78 is 7.48. The molecule has 4 rings (SSSR count). The van der Waals surface area contributed by atoms with E-state index in [0.29, 0.717) is 11.3 Å². The summed E-state index contributed by atoms with van der Waals surface area (Å²) in [4.78, 5) is 7.12. The third-order valence-corrected chi connectivity index (χ3v) is 7.59. The lowest BCUT2D eigenvalue weighted by Crippen LogP contribution is -2.35. The van der Waals surface area contributed by atoms with Gasteiger partial charge in [-0.25, -0.2) is 9.50 Å². The summed E-state index contributed by atoms with van der Waals surface area (Å²) in [6.45, 7) is 10.1. The third-order valence-electron chi connectivity index (χ3n) is 5.79. The lowest BCUT2D eigenvalue weighted by atomic mass is 10.0. The molecule has 180 valence electrons. The van der Waals surface area contributed by atoms with E-state index in [-0.39, 0.29) is 6.61 Å². The molecular weight excluding hydrogens is 446 g/mol. The number of anilines is 1. The molecule has 0 aromatic carbocycles. The van der Waals surface area contributed by atoms with Gasteiger partial charge in [0.05, 0.1) is 29.1 Å². The van der Waals surface area contributed by atoms with E-state index in [1.165, 1.54) is 18.6 Å². The van der Waals surface area contributed by atoms with Crippen molar-refractivity contribution in [3.05, 3.63) is 42.4 Å². The van der Waals surface area contributed by atoms with Gasteiger partial charge in [0.2, 0.25) is 0 Å². The van der Waals surface area contributed by atoms with E-state index in [0.717, 1.165) is 46.7 Å². The quantitative estimate of drug-likeness (QED) is 0.498. The Balaban J connectivity index is 1.55. The zero-order chi connectivity index (χ0) is 24.3. The number of hydrogen-bond donors (Lipinski definition) is 1. The van der Waals surface area contributed by atoms with Gasteiger partial charge < -0.3 is 14.7 Å². The van der Waals surface area contributed by atoms with E-state index in [4.69, 9.17) is 9.72 Å². The predicted octanol–water partition coefficient (Wildman–Crippen LogP) is 4.78. The Morgan fingerprint density at radius 2 is 2.03 bits per heavy atom. The molecule has 3 aromatic heterocycles. The zero-order valence-corrected chi connectivity index (χ0v) is 21.2. The second-order valence-corrected chi connectivity index (χ2v) is 11.3. The molecular formula is C26H33N5O2S. The van der Waals surface area contributed by atoms with Crippen molar-refractivity contribution in [3.8, 4) is 22.9 Å². The van der Waals surface area contributed by atoms with Gasteiger partial charge in [0.25, 0.3) is 0 Å². The van der Waals surface area contributed by atoms with Gasteiger partial charge >= 0.3 is 0 Å². The monoisotopic (exact) mass is 479 g/mol. The molecule has 0 amide bonds. The number of thioether (sulfide) groups is 1. The van der Waals surface area contributed by atoms with Crippen LogP contribution in [0.4, 0.5) is 5.82 Å². The molecule has 0 atom stereocenters. The van der Waals surface area contributed by atoms with Gasteiger partial charge in [0, 0.05) is 35.7 Å². The number of ether oxygens (including phenoxy) is 1. The van der Waals surface area contributed by atoms with Crippen LogP contribution in [0.15, 0.2) is 36.8 Å². The molecule has 1 N–H and O–H groups in total. The number of pyridine rings is 2. The van der Waals surface area contributed by atoms with Gasteiger partial charge in [-0.15, -0.1) is 0 Å². The summed E-state index contributed by atoms with van der Waals surface area (Å²) in [5.41, 5.74) is 1.97. The lowest BCUT2D eigenvalue weighted by molar-refractivity contribution is 0.0283. The smallest absolute Gasteiger partial charge is 0.138 e. The molecule has 0 radical (unpaired) electrons. The highest BCUT2D eigenvalue weighted by Crippen LogP contribution is 2.32. The van der Waals surface area contributed by atoms with Crippen LogP contribution in [0.2, 0.25) is 0 Å². The Labute approximate surface area is 205 Å². The van der Waals surface area contributed by atoms with E-state index < -0.39 is 5.60 Å². The molecule has 7 nitrogen and oxygen atoms in total. The Bertz CT molecular complexity index is 1150. The summed E-state index contributed by atoms with van der Waals surface area (Å²) in [6.07, 6.45) is 7.52. The summed E-state index contributed by atoms with van der Waals surface area (Å²) in [7, 11) is 0. The predicted molar refractivity (Wildman–Crippen MR) is 137 cm³/mol. The fraction of sp³-hybridized carbons (Fsp3) is 0.500. The highest BCUT2D eigenvalue weighted by molar-refractivity contribution is 7.99. The Hall–Kier alpha value is -2.76. The van der Waals surface area contributed by atoms with Gasteiger partial charge in [-0.05, 0) is 56.6 Å². The minimum absolute atomic E-state index is 0.146. The maximum atomic E-state index is 10.0. The number of hydrogen-bond acceptors (Lipinski definition) is 7. The fourth-order valence-corrected chi connectivity index (χ4v) is 5.25. The normalized spacial score (nSPS) is 15.1. The molecule has 8 heteroatoms. The first-order chi connectivity index (χ1) is 16.2. The number of piperidine rings is 1. The van der Waals surface area contributed by atoms with E-state index in [1.807, 2.05) is 18.3 Å². The van der Waals surface area contributed by atoms with Crippen LogP contribution in [-0.4, -0.2) is 56.0 Å². The number of rotatable bonds is 8.